The molecule has 1 N–H and O–H groups in total. The highest BCUT2D eigenvalue weighted by Gasteiger charge is 2.15. The van der Waals surface area contributed by atoms with Crippen molar-refractivity contribution >= 4 is 17.5 Å². The summed E-state index contributed by atoms with van der Waals surface area (Å²) in [5.41, 5.74) is 0. The lowest BCUT2D eigenvalue weighted by Crippen LogP contribution is -2.36. The van der Waals surface area contributed by atoms with Crippen LogP contribution in [0.2, 0.25) is 5.15 Å². The van der Waals surface area contributed by atoms with Crippen molar-refractivity contribution < 1.29 is 9.53 Å². The van der Waals surface area contributed by atoms with Gasteiger partial charge in [0.2, 0.25) is 0 Å². The molecule has 0 aliphatic carbocycles. The summed E-state index contributed by atoms with van der Waals surface area (Å²) in [6.45, 7) is 5.55. The van der Waals surface area contributed by atoms with Crippen molar-refractivity contribution in [1.82, 2.24) is 10.3 Å². The maximum atomic E-state index is 11.5. The molecule has 86 valence electrons. The lowest BCUT2D eigenvalue weighted by atomic mass is 10.3. The summed E-state index contributed by atoms with van der Waals surface area (Å²) in [6, 6.07) is 3.35. The van der Waals surface area contributed by atoms with Gasteiger partial charge in [-0.3, -0.25) is 4.79 Å². The first-order valence-corrected chi connectivity index (χ1v) is 5.18. The third-order valence-corrected chi connectivity index (χ3v) is 2.10. The van der Waals surface area contributed by atoms with Crippen LogP contribution in [0.4, 0.5) is 0 Å². The van der Waals surface area contributed by atoms with Gasteiger partial charge in [0.25, 0.3) is 5.91 Å². The highest BCUT2D eigenvalue weighted by Crippen LogP contribution is 2.21. The molecular formula is C11H13ClN2O2. The van der Waals surface area contributed by atoms with Crippen molar-refractivity contribution in [1.29, 1.82) is 0 Å². The third-order valence-electron chi connectivity index (χ3n) is 1.82. The number of amides is 1. The Morgan fingerprint density at radius 3 is 3.19 bits per heavy atom. The minimum atomic E-state index is -0.623. The van der Waals surface area contributed by atoms with Crippen LogP contribution in [0.15, 0.2) is 31.0 Å². The molecule has 4 nitrogen and oxygen atoms in total. The lowest BCUT2D eigenvalue weighted by Gasteiger charge is -2.14. The van der Waals surface area contributed by atoms with E-state index in [-0.39, 0.29) is 11.1 Å². The normalized spacial score (nSPS) is 11.6. The van der Waals surface area contributed by atoms with E-state index >= 15 is 0 Å². The molecule has 0 radical (unpaired) electrons. The fourth-order valence-electron chi connectivity index (χ4n) is 1.02. The SMILES string of the molecule is C=CCNC(=O)C(C)Oc1cccnc1Cl. The second-order valence-corrected chi connectivity index (χ2v) is 3.44. The van der Waals surface area contributed by atoms with Crippen LogP contribution < -0.4 is 10.1 Å². The molecule has 1 unspecified atom stereocenters. The summed E-state index contributed by atoms with van der Waals surface area (Å²) in [4.78, 5) is 15.3. The van der Waals surface area contributed by atoms with Gasteiger partial charge in [0.05, 0.1) is 0 Å². The van der Waals surface area contributed by atoms with Gasteiger partial charge >= 0.3 is 0 Å². The van der Waals surface area contributed by atoms with Gasteiger partial charge in [0.15, 0.2) is 17.0 Å². The summed E-state index contributed by atoms with van der Waals surface area (Å²) in [5, 5.41) is 2.87. The molecule has 1 rings (SSSR count). The number of nitrogens with zero attached hydrogens (tertiary/aromatic N) is 1. The first kappa shape index (κ1) is 12.5. The number of nitrogens with one attached hydrogen (secondary N) is 1. The molecular weight excluding hydrogens is 228 g/mol. The summed E-state index contributed by atoms with van der Waals surface area (Å²) in [5.74, 6) is 0.172. The van der Waals surface area contributed by atoms with Gasteiger partial charge < -0.3 is 10.1 Å². The van der Waals surface area contributed by atoms with Crippen molar-refractivity contribution in [3.05, 3.63) is 36.1 Å². The van der Waals surface area contributed by atoms with E-state index in [1.807, 2.05) is 0 Å². The Labute approximate surface area is 99.3 Å². The minimum Gasteiger partial charge on any atom is -0.478 e. The van der Waals surface area contributed by atoms with E-state index in [0.717, 1.165) is 0 Å². The number of hydrogen-bond donors (Lipinski definition) is 1. The van der Waals surface area contributed by atoms with Gasteiger partial charge in [-0.1, -0.05) is 17.7 Å². The molecule has 1 aromatic heterocycles. The maximum absolute atomic E-state index is 11.5. The van der Waals surface area contributed by atoms with E-state index < -0.39 is 6.10 Å². The Balaban J connectivity index is 2.57. The molecule has 0 saturated carbocycles. The van der Waals surface area contributed by atoms with E-state index in [0.29, 0.717) is 12.3 Å². The number of rotatable bonds is 5. The quantitative estimate of drug-likeness (QED) is 0.631. The van der Waals surface area contributed by atoms with Gasteiger partial charge in [0, 0.05) is 12.7 Å². The maximum Gasteiger partial charge on any atom is 0.261 e. The van der Waals surface area contributed by atoms with Crippen LogP contribution in [0.25, 0.3) is 0 Å². The topological polar surface area (TPSA) is 51.2 Å². The van der Waals surface area contributed by atoms with Gasteiger partial charge in [-0.05, 0) is 19.1 Å². The third kappa shape index (κ3) is 3.55. The molecule has 0 spiro atoms. The van der Waals surface area contributed by atoms with Crippen LogP contribution in [-0.4, -0.2) is 23.5 Å². The van der Waals surface area contributed by atoms with Crippen molar-refractivity contribution in [2.45, 2.75) is 13.0 Å². The largest absolute Gasteiger partial charge is 0.478 e. The fourth-order valence-corrected chi connectivity index (χ4v) is 1.18. The molecule has 1 atom stereocenters. The van der Waals surface area contributed by atoms with Crippen molar-refractivity contribution in [2.75, 3.05) is 6.54 Å². The molecule has 0 aromatic carbocycles. The van der Waals surface area contributed by atoms with Crippen LogP contribution >= 0.6 is 11.6 Å². The van der Waals surface area contributed by atoms with Gasteiger partial charge in [-0.2, -0.15) is 0 Å². The first-order valence-electron chi connectivity index (χ1n) is 4.81. The summed E-state index contributed by atoms with van der Waals surface area (Å²) in [6.07, 6.45) is 2.53. The predicted molar refractivity (Wildman–Crippen MR) is 62.5 cm³/mol. The first-order chi connectivity index (χ1) is 7.65. The highest BCUT2D eigenvalue weighted by molar-refractivity contribution is 6.30. The average Bonchev–Trinajstić information content (AvgIpc) is 2.28. The van der Waals surface area contributed by atoms with Crippen LogP contribution in [0.3, 0.4) is 0 Å². The van der Waals surface area contributed by atoms with Crippen LogP contribution in [0.1, 0.15) is 6.92 Å². The van der Waals surface area contributed by atoms with Gasteiger partial charge in [-0.15, -0.1) is 6.58 Å². The molecule has 1 heterocycles. The van der Waals surface area contributed by atoms with E-state index in [1.165, 1.54) is 0 Å². The van der Waals surface area contributed by atoms with Crippen LogP contribution in [0.5, 0.6) is 5.75 Å². The number of halogens is 1. The second-order valence-electron chi connectivity index (χ2n) is 3.09. The molecule has 0 fully saturated rings. The fraction of sp³-hybridized carbons (Fsp3) is 0.273. The number of carbonyl (C=O) groups excluding carboxylic acids is 1. The summed E-state index contributed by atoms with van der Waals surface area (Å²) in [7, 11) is 0. The molecule has 0 bridgehead atoms. The Morgan fingerprint density at radius 2 is 2.56 bits per heavy atom. The Morgan fingerprint density at radius 1 is 1.81 bits per heavy atom. The highest BCUT2D eigenvalue weighted by atomic mass is 35.5. The Hall–Kier alpha value is -1.55. The monoisotopic (exact) mass is 240 g/mol. The molecule has 1 aromatic rings. The molecule has 0 aliphatic rings. The molecule has 0 saturated heterocycles. The molecule has 5 heteroatoms. The lowest BCUT2D eigenvalue weighted by molar-refractivity contribution is -0.127. The van der Waals surface area contributed by atoms with E-state index in [1.54, 1.807) is 31.3 Å². The minimum absolute atomic E-state index is 0.222. The standard InChI is InChI=1S/C11H13ClN2O2/c1-3-6-14-11(15)8(2)16-9-5-4-7-13-10(9)12/h3-5,7-8H,1,6H2,2H3,(H,14,15). The second kappa shape index (κ2) is 6.12. The van der Waals surface area contributed by atoms with E-state index in [4.69, 9.17) is 16.3 Å². The number of hydrogen-bond acceptors (Lipinski definition) is 3. The molecule has 16 heavy (non-hydrogen) atoms. The van der Waals surface area contributed by atoms with Crippen LogP contribution in [0, 0.1) is 0 Å². The van der Waals surface area contributed by atoms with E-state index in [9.17, 15) is 4.79 Å². The van der Waals surface area contributed by atoms with E-state index in [2.05, 4.69) is 16.9 Å². The zero-order chi connectivity index (χ0) is 12.0. The Bertz CT molecular complexity index is 382. The smallest absolute Gasteiger partial charge is 0.261 e. The number of pyridine rings is 1. The number of carbonyl (C=O) groups is 1. The summed E-state index contributed by atoms with van der Waals surface area (Å²) >= 11 is 5.79. The zero-order valence-electron chi connectivity index (χ0n) is 8.94. The van der Waals surface area contributed by atoms with Crippen molar-refractivity contribution in [3.63, 3.8) is 0 Å². The van der Waals surface area contributed by atoms with Crippen molar-refractivity contribution in [3.8, 4) is 5.75 Å². The van der Waals surface area contributed by atoms with Gasteiger partial charge in [0.1, 0.15) is 0 Å². The Kier molecular flexibility index (Phi) is 4.79. The van der Waals surface area contributed by atoms with Crippen LogP contribution in [-0.2, 0) is 4.79 Å². The molecule has 0 aliphatic heterocycles. The zero-order valence-corrected chi connectivity index (χ0v) is 9.70. The molecule has 1 amide bonds. The van der Waals surface area contributed by atoms with Gasteiger partial charge in [-0.25, -0.2) is 4.98 Å². The summed E-state index contributed by atoms with van der Waals surface area (Å²) < 4.78 is 5.36. The number of aromatic nitrogens is 1. The predicted octanol–water partition coefficient (Wildman–Crippen LogP) is 1.80. The van der Waals surface area contributed by atoms with Crippen molar-refractivity contribution in [2.24, 2.45) is 0 Å². The number of ether oxygens (including phenoxy) is 1. The average molecular weight is 241 g/mol.